The van der Waals surface area contributed by atoms with Gasteiger partial charge in [-0.2, -0.15) is 0 Å². The Kier molecular flexibility index (Phi) is 1.98. The molecule has 0 saturated heterocycles. The topological polar surface area (TPSA) is 54.7 Å². The van der Waals surface area contributed by atoms with Crippen molar-refractivity contribution in [2.75, 3.05) is 0 Å². The lowest BCUT2D eigenvalue weighted by Crippen LogP contribution is -2.11. The molecule has 0 spiro atoms. The van der Waals surface area contributed by atoms with Crippen LogP contribution in [0.15, 0.2) is 24.3 Å². The third-order valence-electron chi connectivity index (χ3n) is 1.78. The number of aromatic amines is 1. The Labute approximate surface area is 81.0 Å². The molecule has 13 heavy (non-hydrogen) atoms. The minimum atomic E-state index is 0.457. The van der Waals surface area contributed by atoms with Crippen LogP contribution in [0.25, 0.3) is 11.0 Å². The molecule has 2 aromatic rings. The van der Waals surface area contributed by atoms with Crippen LogP contribution in [0.2, 0.25) is 0 Å². The van der Waals surface area contributed by atoms with Crippen molar-refractivity contribution in [3.8, 4) is 0 Å². The van der Waals surface area contributed by atoms with Crippen LogP contribution in [-0.4, -0.2) is 15.0 Å². The molecule has 0 amide bonds. The maximum Gasteiger partial charge on any atom is 0.114 e. The summed E-state index contributed by atoms with van der Waals surface area (Å²) in [7, 11) is 0. The first-order chi connectivity index (χ1) is 6.25. The summed E-state index contributed by atoms with van der Waals surface area (Å²) in [5, 5.41) is 0. The molecular weight excluding hydrogens is 182 g/mol. The Balaban J connectivity index is 2.44. The molecule has 1 aromatic heterocycles. The van der Waals surface area contributed by atoms with E-state index in [9.17, 15) is 0 Å². The first-order valence-corrected chi connectivity index (χ1v) is 4.38. The van der Waals surface area contributed by atoms with Gasteiger partial charge in [0.2, 0.25) is 0 Å². The number of imidazole rings is 1. The number of benzene rings is 1. The van der Waals surface area contributed by atoms with Crippen LogP contribution in [0, 0.1) is 0 Å². The second kappa shape index (κ2) is 3.14. The summed E-state index contributed by atoms with van der Waals surface area (Å²) in [5.74, 6) is 0.828. The highest BCUT2D eigenvalue weighted by molar-refractivity contribution is 7.80. The number of H-pyrrole nitrogens is 1. The van der Waals surface area contributed by atoms with Crippen molar-refractivity contribution in [2.24, 2.45) is 5.73 Å². The smallest absolute Gasteiger partial charge is 0.114 e. The van der Waals surface area contributed by atoms with E-state index in [2.05, 4.69) is 9.97 Å². The van der Waals surface area contributed by atoms with Gasteiger partial charge in [0.25, 0.3) is 0 Å². The van der Waals surface area contributed by atoms with Gasteiger partial charge in [-0.3, -0.25) is 0 Å². The average Bonchev–Trinajstić information content (AvgIpc) is 2.44. The van der Waals surface area contributed by atoms with E-state index in [0.717, 1.165) is 16.9 Å². The van der Waals surface area contributed by atoms with Crippen LogP contribution in [0.4, 0.5) is 0 Å². The standard InChI is InChI=1S/C9H9N3S/c10-8(13)5-9-11-6-3-1-2-4-7(6)12-9/h1-4H,5H2,(H2,10,13)(H,11,12). The molecule has 0 fully saturated rings. The van der Waals surface area contributed by atoms with Gasteiger partial charge in [-0.05, 0) is 12.1 Å². The van der Waals surface area contributed by atoms with Crippen LogP contribution in [0.1, 0.15) is 5.82 Å². The monoisotopic (exact) mass is 191 g/mol. The molecule has 0 radical (unpaired) electrons. The second-order valence-corrected chi connectivity index (χ2v) is 3.37. The Morgan fingerprint density at radius 2 is 2.23 bits per heavy atom. The van der Waals surface area contributed by atoms with E-state index >= 15 is 0 Å². The molecule has 3 N–H and O–H groups in total. The number of nitrogens with zero attached hydrogens (tertiary/aromatic N) is 1. The van der Waals surface area contributed by atoms with Gasteiger partial charge < -0.3 is 10.7 Å². The number of thiocarbonyl (C=S) groups is 1. The zero-order valence-corrected chi connectivity index (χ0v) is 7.77. The first-order valence-electron chi connectivity index (χ1n) is 3.97. The summed E-state index contributed by atoms with van der Waals surface area (Å²) in [6, 6.07) is 7.85. The number of fused-ring (bicyclic) bond motifs is 1. The van der Waals surface area contributed by atoms with E-state index in [-0.39, 0.29) is 0 Å². The van der Waals surface area contributed by atoms with Gasteiger partial charge in [-0.15, -0.1) is 0 Å². The average molecular weight is 191 g/mol. The van der Waals surface area contributed by atoms with Gasteiger partial charge in [-0.25, -0.2) is 4.98 Å². The van der Waals surface area contributed by atoms with Crippen LogP contribution >= 0.6 is 12.2 Å². The van der Waals surface area contributed by atoms with E-state index < -0.39 is 0 Å². The molecule has 0 aliphatic heterocycles. The van der Waals surface area contributed by atoms with Crippen LogP contribution in [0.5, 0.6) is 0 Å². The molecule has 1 aromatic carbocycles. The van der Waals surface area contributed by atoms with E-state index in [4.69, 9.17) is 18.0 Å². The minimum absolute atomic E-state index is 0.457. The predicted molar refractivity (Wildman–Crippen MR) is 56.6 cm³/mol. The molecule has 2 rings (SSSR count). The van der Waals surface area contributed by atoms with E-state index in [1.165, 1.54) is 0 Å². The lowest BCUT2D eigenvalue weighted by atomic mass is 10.3. The lowest BCUT2D eigenvalue weighted by Gasteiger charge is -1.90. The molecule has 0 unspecified atom stereocenters. The lowest BCUT2D eigenvalue weighted by molar-refractivity contribution is 1.11. The zero-order valence-electron chi connectivity index (χ0n) is 6.95. The zero-order chi connectivity index (χ0) is 9.26. The third kappa shape index (κ3) is 1.67. The molecule has 4 heteroatoms. The largest absolute Gasteiger partial charge is 0.393 e. The summed E-state index contributed by atoms with van der Waals surface area (Å²) in [6.07, 6.45) is 0.532. The summed E-state index contributed by atoms with van der Waals surface area (Å²) < 4.78 is 0. The van der Waals surface area contributed by atoms with E-state index in [0.29, 0.717) is 11.4 Å². The Morgan fingerprint density at radius 3 is 2.92 bits per heavy atom. The predicted octanol–water partition coefficient (Wildman–Crippen LogP) is 1.39. The number of aromatic nitrogens is 2. The van der Waals surface area contributed by atoms with Crippen molar-refractivity contribution in [3.05, 3.63) is 30.1 Å². The first kappa shape index (κ1) is 8.19. The molecule has 0 saturated carbocycles. The SMILES string of the molecule is NC(=S)Cc1nc2ccccc2[nH]1. The van der Waals surface area contributed by atoms with E-state index in [1.54, 1.807) is 0 Å². The van der Waals surface area contributed by atoms with Crippen molar-refractivity contribution in [1.29, 1.82) is 0 Å². The molecular formula is C9H9N3S. The minimum Gasteiger partial charge on any atom is -0.393 e. The molecule has 0 atom stereocenters. The van der Waals surface area contributed by atoms with Crippen molar-refractivity contribution >= 4 is 28.2 Å². The highest BCUT2D eigenvalue weighted by atomic mass is 32.1. The van der Waals surface area contributed by atoms with E-state index in [1.807, 2.05) is 24.3 Å². The summed E-state index contributed by atoms with van der Waals surface area (Å²) in [4.78, 5) is 7.94. The van der Waals surface area contributed by atoms with Gasteiger partial charge in [0, 0.05) is 0 Å². The molecule has 0 bridgehead atoms. The Bertz CT molecular complexity index is 414. The fourth-order valence-electron chi connectivity index (χ4n) is 1.25. The fourth-order valence-corrected chi connectivity index (χ4v) is 1.39. The van der Waals surface area contributed by atoms with Crippen LogP contribution in [-0.2, 0) is 6.42 Å². The number of nitrogens with one attached hydrogen (secondary N) is 1. The molecule has 0 aliphatic carbocycles. The van der Waals surface area contributed by atoms with Crippen molar-refractivity contribution in [3.63, 3.8) is 0 Å². The van der Waals surface area contributed by atoms with Crippen LogP contribution < -0.4 is 5.73 Å². The number of hydrogen-bond donors (Lipinski definition) is 2. The molecule has 3 nitrogen and oxygen atoms in total. The third-order valence-corrected chi connectivity index (χ3v) is 1.92. The number of para-hydroxylation sites is 2. The Morgan fingerprint density at radius 1 is 1.46 bits per heavy atom. The number of rotatable bonds is 2. The number of hydrogen-bond acceptors (Lipinski definition) is 2. The summed E-state index contributed by atoms with van der Waals surface area (Å²) >= 11 is 4.80. The molecule has 1 heterocycles. The summed E-state index contributed by atoms with van der Waals surface area (Å²) in [6.45, 7) is 0. The molecule has 0 aliphatic rings. The Hall–Kier alpha value is -1.42. The van der Waals surface area contributed by atoms with Gasteiger partial charge in [-0.1, -0.05) is 24.4 Å². The van der Waals surface area contributed by atoms with Crippen LogP contribution in [0.3, 0.4) is 0 Å². The number of nitrogens with two attached hydrogens (primary N) is 1. The highest BCUT2D eigenvalue weighted by Crippen LogP contribution is 2.10. The van der Waals surface area contributed by atoms with Gasteiger partial charge in [0.1, 0.15) is 5.82 Å². The second-order valence-electron chi connectivity index (χ2n) is 2.84. The van der Waals surface area contributed by atoms with Gasteiger partial charge in [0.15, 0.2) is 0 Å². The fraction of sp³-hybridized carbons (Fsp3) is 0.111. The maximum absolute atomic E-state index is 5.42. The highest BCUT2D eigenvalue weighted by Gasteiger charge is 2.01. The van der Waals surface area contributed by atoms with Crippen molar-refractivity contribution in [1.82, 2.24) is 9.97 Å². The van der Waals surface area contributed by atoms with Crippen molar-refractivity contribution in [2.45, 2.75) is 6.42 Å². The maximum atomic E-state index is 5.42. The van der Waals surface area contributed by atoms with Gasteiger partial charge in [0.05, 0.1) is 22.4 Å². The normalized spacial score (nSPS) is 10.5. The van der Waals surface area contributed by atoms with Crippen molar-refractivity contribution < 1.29 is 0 Å². The van der Waals surface area contributed by atoms with Gasteiger partial charge >= 0.3 is 0 Å². The molecule has 66 valence electrons. The quantitative estimate of drug-likeness (QED) is 0.705. The summed E-state index contributed by atoms with van der Waals surface area (Å²) in [5.41, 5.74) is 7.39.